The van der Waals surface area contributed by atoms with Crippen molar-refractivity contribution < 1.29 is 31.8 Å². The van der Waals surface area contributed by atoms with E-state index in [-0.39, 0.29) is 13.1 Å². The molecule has 0 N–H and O–H groups in total. The minimum Gasteiger partial charge on any atom is -0.493 e. The normalized spacial score (nSPS) is 13.4. The topological polar surface area (TPSA) is 38.8 Å². The SMILES string of the molecule is COc1cc2c(cc1OC)CN(C(=O)c1cc(F)c(F)c(F)c1F)CC2. The van der Waals surface area contributed by atoms with Gasteiger partial charge in [-0.25, -0.2) is 17.6 Å². The van der Waals surface area contributed by atoms with Gasteiger partial charge < -0.3 is 14.4 Å². The number of nitrogens with zero attached hydrogens (tertiary/aromatic N) is 1. The number of ether oxygens (including phenoxy) is 2. The van der Waals surface area contributed by atoms with E-state index >= 15 is 0 Å². The summed E-state index contributed by atoms with van der Waals surface area (Å²) in [6.45, 7) is 0.302. The molecule has 8 heteroatoms. The van der Waals surface area contributed by atoms with Crippen molar-refractivity contribution in [3.8, 4) is 11.5 Å². The summed E-state index contributed by atoms with van der Waals surface area (Å²) in [6.07, 6.45) is 0.440. The van der Waals surface area contributed by atoms with Crippen molar-refractivity contribution >= 4 is 5.91 Å². The van der Waals surface area contributed by atoms with E-state index < -0.39 is 34.7 Å². The number of benzene rings is 2. The second-order valence-corrected chi connectivity index (χ2v) is 5.80. The van der Waals surface area contributed by atoms with Gasteiger partial charge in [0.25, 0.3) is 5.91 Å². The van der Waals surface area contributed by atoms with E-state index in [0.717, 1.165) is 11.1 Å². The lowest BCUT2D eigenvalue weighted by Crippen LogP contribution is -2.36. The molecule has 0 bridgehead atoms. The molecule has 0 aromatic heterocycles. The molecule has 0 saturated carbocycles. The third-order valence-electron chi connectivity index (χ3n) is 4.34. The zero-order valence-corrected chi connectivity index (χ0v) is 14.0. The number of carbonyl (C=O) groups is 1. The van der Waals surface area contributed by atoms with Gasteiger partial charge in [-0.15, -0.1) is 0 Å². The predicted octanol–water partition coefficient (Wildman–Crippen LogP) is 3.46. The zero-order chi connectivity index (χ0) is 19.0. The number of hydrogen-bond acceptors (Lipinski definition) is 3. The van der Waals surface area contributed by atoms with Crippen LogP contribution in [-0.4, -0.2) is 31.6 Å². The highest BCUT2D eigenvalue weighted by atomic mass is 19.2. The lowest BCUT2D eigenvalue weighted by Gasteiger charge is -2.30. The van der Waals surface area contributed by atoms with Gasteiger partial charge in [0.1, 0.15) is 0 Å². The van der Waals surface area contributed by atoms with Crippen molar-refractivity contribution in [3.63, 3.8) is 0 Å². The quantitative estimate of drug-likeness (QED) is 0.473. The van der Waals surface area contributed by atoms with Crippen LogP contribution in [0.5, 0.6) is 11.5 Å². The molecular formula is C18H15F4NO3. The highest BCUT2D eigenvalue weighted by Gasteiger charge is 2.29. The van der Waals surface area contributed by atoms with Crippen LogP contribution in [0.15, 0.2) is 18.2 Å². The molecule has 3 rings (SSSR count). The molecule has 2 aromatic rings. The van der Waals surface area contributed by atoms with Gasteiger partial charge >= 0.3 is 0 Å². The number of halogens is 4. The van der Waals surface area contributed by atoms with E-state index in [1.54, 1.807) is 12.1 Å². The van der Waals surface area contributed by atoms with Crippen molar-refractivity contribution in [2.24, 2.45) is 0 Å². The van der Waals surface area contributed by atoms with Crippen LogP contribution in [0.25, 0.3) is 0 Å². The van der Waals surface area contributed by atoms with Gasteiger partial charge in [-0.05, 0) is 35.7 Å². The number of fused-ring (bicyclic) bond motifs is 1. The average Bonchev–Trinajstić information content (AvgIpc) is 2.66. The Labute approximate surface area is 146 Å². The van der Waals surface area contributed by atoms with Crippen LogP contribution < -0.4 is 9.47 Å². The molecule has 0 radical (unpaired) electrons. The molecule has 0 spiro atoms. The number of rotatable bonds is 3. The minimum absolute atomic E-state index is 0.0918. The summed E-state index contributed by atoms with van der Waals surface area (Å²) in [4.78, 5) is 13.7. The number of carbonyl (C=O) groups excluding carboxylic acids is 1. The van der Waals surface area contributed by atoms with Crippen LogP contribution in [0.2, 0.25) is 0 Å². The van der Waals surface area contributed by atoms with Gasteiger partial charge in [0.15, 0.2) is 34.8 Å². The van der Waals surface area contributed by atoms with Crippen LogP contribution >= 0.6 is 0 Å². The summed E-state index contributed by atoms with van der Waals surface area (Å²) in [5.41, 5.74) is 0.819. The lowest BCUT2D eigenvalue weighted by molar-refractivity contribution is 0.0727. The van der Waals surface area contributed by atoms with Gasteiger partial charge in [0.05, 0.1) is 19.8 Å². The molecule has 2 aromatic carbocycles. The fraction of sp³-hybridized carbons (Fsp3) is 0.278. The highest BCUT2D eigenvalue weighted by Crippen LogP contribution is 2.33. The second kappa shape index (κ2) is 6.86. The van der Waals surface area contributed by atoms with Crippen LogP contribution in [-0.2, 0) is 13.0 Å². The minimum atomic E-state index is -2.00. The van der Waals surface area contributed by atoms with Crippen molar-refractivity contribution in [2.45, 2.75) is 13.0 Å². The summed E-state index contributed by atoms with van der Waals surface area (Å²) < 4.78 is 64.2. The third kappa shape index (κ3) is 2.95. The lowest BCUT2D eigenvalue weighted by atomic mass is 9.98. The maximum atomic E-state index is 13.9. The third-order valence-corrected chi connectivity index (χ3v) is 4.34. The highest BCUT2D eigenvalue weighted by molar-refractivity contribution is 5.94. The Bertz CT molecular complexity index is 885. The van der Waals surface area contributed by atoms with E-state index in [9.17, 15) is 22.4 Å². The van der Waals surface area contributed by atoms with Crippen LogP contribution in [0, 0.1) is 23.3 Å². The smallest absolute Gasteiger partial charge is 0.257 e. The Kier molecular flexibility index (Phi) is 4.76. The van der Waals surface area contributed by atoms with Crippen LogP contribution in [0.4, 0.5) is 17.6 Å². The number of amides is 1. The first-order valence-electron chi connectivity index (χ1n) is 7.73. The first kappa shape index (κ1) is 18.0. The Morgan fingerprint density at radius 1 is 0.923 bits per heavy atom. The fourth-order valence-electron chi connectivity index (χ4n) is 2.96. The standard InChI is InChI=1S/C18H15F4NO3/c1-25-13-5-9-3-4-23(8-10(9)6-14(13)26-2)18(24)11-7-12(19)16(21)17(22)15(11)20/h5-7H,3-4,8H2,1-2H3. The Hall–Kier alpha value is -2.77. The molecule has 0 saturated heterocycles. The first-order chi connectivity index (χ1) is 12.4. The Morgan fingerprint density at radius 2 is 1.54 bits per heavy atom. The molecule has 1 heterocycles. The summed E-state index contributed by atoms with van der Waals surface area (Å²) in [6, 6.07) is 3.85. The molecule has 1 aliphatic heterocycles. The number of methoxy groups -OCH3 is 2. The van der Waals surface area contributed by atoms with E-state index in [4.69, 9.17) is 9.47 Å². The van der Waals surface area contributed by atoms with Crippen molar-refractivity contribution in [2.75, 3.05) is 20.8 Å². The Balaban J connectivity index is 1.93. The fourth-order valence-corrected chi connectivity index (χ4v) is 2.96. The summed E-state index contributed by atoms with van der Waals surface area (Å²) in [7, 11) is 2.97. The molecule has 0 aliphatic carbocycles. The molecular weight excluding hydrogens is 354 g/mol. The molecule has 0 atom stereocenters. The average molecular weight is 369 g/mol. The monoisotopic (exact) mass is 369 g/mol. The molecule has 0 unspecified atom stereocenters. The molecule has 0 fully saturated rings. The summed E-state index contributed by atoms with van der Waals surface area (Å²) in [5.74, 6) is -7.17. The van der Waals surface area contributed by atoms with Gasteiger partial charge in [-0.2, -0.15) is 0 Å². The van der Waals surface area contributed by atoms with Gasteiger partial charge in [0, 0.05) is 13.1 Å². The van der Waals surface area contributed by atoms with E-state index in [0.29, 0.717) is 24.0 Å². The largest absolute Gasteiger partial charge is 0.493 e. The van der Waals surface area contributed by atoms with Crippen molar-refractivity contribution in [1.82, 2.24) is 4.90 Å². The maximum Gasteiger partial charge on any atom is 0.257 e. The first-order valence-corrected chi connectivity index (χ1v) is 7.73. The van der Waals surface area contributed by atoms with Gasteiger partial charge in [-0.3, -0.25) is 4.79 Å². The summed E-state index contributed by atoms with van der Waals surface area (Å²) >= 11 is 0. The Morgan fingerprint density at radius 3 is 2.15 bits per heavy atom. The van der Waals surface area contributed by atoms with Crippen LogP contribution in [0.1, 0.15) is 21.5 Å². The molecule has 4 nitrogen and oxygen atoms in total. The zero-order valence-electron chi connectivity index (χ0n) is 14.0. The molecule has 1 amide bonds. The van der Waals surface area contributed by atoms with Gasteiger partial charge in [0.2, 0.25) is 0 Å². The number of hydrogen-bond donors (Lipinski definition) is 0. The van der Waals surface area contributed by atoms with Crippen molar-refractivity contribution in [3.05, 3.63) is 58.2 Å². The maximum absolute atomic E-state index is 13.9. The van der Waals surface area contributed by atoms with Crippen LogP contribution in [0.3, 0.4) is 0 Å². The van der Waals surface area contributed by atoms with E-state index in [1.165, 1.54) is 19.1 Å². The summed E-state index contributed by atoms with van der Waals surface area (Å²) in [5, 5.41) is 0. The predicted molar refractivity (Wildman–Crippen MR) is 84.3 cm³/mol. The second-order valence-electron chi connectivity index (χ2n) is 5.80. The van der Waals surface area contributed by atoms with E-state index in [2.05, 4.69) is 0 Å². The van der Waals surface area contributed by atoms with Crippen molar-refractivity contribution in [1.29, 1.82) is 0 Å². The molecule has 138 valence electrons. The van der Waals surface area contributed by atoms with E-state index in [1.807, 2.05) is 0 Å². The molecule has 26 heavy (non-hydrogen) atoms. The molecule has 1 aliphatic rings. The van der Waals surface area contributed by atoms with Gasteiger partial charge in [-0.1, -0.05) is 0 Å².